The second-order valence-corrected chi connectivity index (χ2v) is 3.69. The van der Waals surface area contributed by atoms with Gasteiger partial charge >= 0.3 is 0 Å². The Balaban J connectivity index is 2.15. The predicted octanol–water partition coefficient (Wildman–Crippen LogP) is 1.37. The summed E-state index contributed by atoms with van der Waals surface area (Å²) in [5.74, 6) is 0.902. The largest absolute Gasteiger partial charge is 0.397 e. The number of nitrogens with one attached hydrogen (secondary N) is 1. The lowest BCUT2D eigenvalue weighted by atomic mass is 10.2. The van der Waals surface area contributed by atoms with Gasteiger partial charge in [-0.05, 0) is 18.6 Å². The van der Waals surface area contributed by atoms with Crippen LogP contribution in [0, 0.1) is 0 Å². The van der Waals surface area contributed by atoms with Crippen LogP contribution in [0.2, 0.25) is 0 Å². The number of nitrogens with zero attached hydrogens (tertiary/aromatic N) is 2. The summed E-state index contributed by atoms with van der Waals surface area (Å²) < 4.78 is 0. The summed E-state index contributed by atoms with van der Waals surface area (Å²) in [6, 6.07) is 7.72. The average molecular weight is 204 g/mol. The summed E-state index contributed by atoms with van der Waals surface area (Å²) in [7, 11) is 2.03. The highest BCUT2D eigenvalue weighted by molar-refractivity contribution is 5.96. The molecule has 1 aromatic carbocycles. The van der Waals surface area contributed by atoms with E-state index in [1.807, 2.05) is 31.3 Å². The van der Waals surface area contributed by atoms with Crippen molar-refractivity contribution in [3.8, 4) is 0 Å². The van der Waals surface area contributed by atoms with Crippen LogP contribution in [0.5, 0.6) is 0 Å². The first kappa shape index (κ1) is 9.83. The van der Waals surface area contributed by atoms with E-state index in [9.17, 15) is 0 Å². The third-order valence-corrected chi connectivity index (χ3v) is 2.48. The summed E-state index contributed by atoms with van der Waals surface area (Å²) in [6.07, 6.45) is 1.12. The second-order valence-electron chi connectivity index (χ2n) is 3.69. The summed E-state index contributed by atoms with van der Waals surface area (Å²) in [5, 5.41) is 3.25. The average Bonchev–Trinajstić information content (AvgIpc) is 2.24. The van der Waals surface area contributed by atoms with Crippen molar-refractivity contribution in [3.05, 3.63) is 24.3 Å². The Kier molecular flexibility index (Phi) is 2.76. The van der Waals surface area contributed by atoms with Gasteiger partial charge in [-0.2, -0.15) is 0 Å². The molecule has 0 atom stereocenters. The number of benzene rings is 1. The van der Waals surface area contributed by atoms with E-state index in [0.717, 1.165) is 36.8 Å². The molecule has 80 valence electrons. The number of hydrogen-bond donors (Lipinski definition) is 2. The summed E-state index contributed by atoms with van der Waals surface area (Å²) in [6.45, 7) is 1.93. The van der Waals surface area contributed by atoms with Crippen molar-refractivity contribution in [1.82, 2.24) is 4.90 Å². The summed E-state index contributed by atoms with van der Waals surface area (Å²) >= 11 is 0. The molecule has 0 aromatic heterocycles. The van der Waals surface area contributed by atoms with Crippen LogP contribution in [0.15, 0.2) is 29.3 Å². The topological polar surface area (TPSA) is 53.6 Å². The molecule has 4 heteroatoms. The molecule has 4 nitrogen and oxygen atoms in total. The molecule has 0 aliphatic carbocycles. The number of nitrogen functional groups attached to an aromatic ring is 1. The van der Waals surface area contributed by atoms with Crippen LogP contribution >= 0.6 is 0 Å². The van der Waals surface area contributed by atoms with Crippen molar-refractivity contribution in [1.29, 1.82) is 0 Å². The van der Waals surface area contributed by atoms with E-state index in [2.05, 4.69) is 15.2 Å². The van der Waals surface area contributed by atoms with Crippen LogP contribution in [-0.2, 0) is 0 Å². The number of rotatable bonds is 1. The van der Waals surface area contributed by atoms with Gasteiger partial charge in [-0.15, -0.1) is 0 Å². The lowest BCUT2D eigenvalue weighted by Gasteiger charge is -2.26. The molecule has 1 aliphatic heterocycles. The number of para-hydroxylation sites is 2. The van der Waals surface area contributed by atoms with Crippen molar-refractivity contribution in [2.75, 3.05) is 31.2 Å². The number of aliphatic imine (C=N–C) groups is 1. The van der Waals surface area contributed by atoms with Crippen molar-refractivity contribution in [3.63, 3.8) is 0 Å². The van der Waals surface area contributed by atoms with Gasteiger partial charge in [0.1, 0.15) is 0 Å². The second kappa shape index (κ2) is 4.21. The Morgan fingerprint density at radius 2 is 2.20 bits per heavy atom. The quantitative estimate of drug-likeness (QED) is 0.679. The predicted molar refractivity (Wildman–Crippen MR) is 64.0 cm³/mol. The normalized spacial score (nSPS) is 16.1. The van der Waals surface area contributed by atoms with E-state index < -0.39 is 0 Å². The molecule has 3 N–H and O–H groups in total. The highest BCUT2D eigenvalue weighted by Crippen LogP contribution is 2.17. The zero-order valence-electron chi connectivity index (χ0n) is 8.90. The Hall–Kier alpha value is -1.71. The van der Waals surface area contributed by atoms with Gasteiger partial charge < -0.3 is 16.0 Å². The molecule has 2 rings (SSSR count). The Labute approximate surface area is 89.8 Å². The van der Waals surface area contributed by atoms with E-state index in [0.29, 0.717) is 0 Å². The van der Waals surface area contributed by atoms with Crippen LogP contribution in [0.25, 0.3) is 0 Å². The molecular formula is C11H16N4. The zero-order valence-corrected chi connectivity index (χ0v) is 8.90. The first-order valence-electron chi connectivity index (χ1n) is 5.14. The molecule has 0 unspecified atom stereocenters. The maximum absolute atomic E-state index is 5.85. The standard InChI is InChI=1S/C11H16N4/c1-15-8-4-7-13-11(15)14-10-6-3-2-5-9(10)12/h2-3,5-6H,4,7-8,12H2,1H3,(H,13,14). The minimum absolute atomic E-state index is 0.749. The van der Waals surface area contributed by atoms with Gasteiger partial charge in [-0.3, -0.25) is 4.99 Å². The van der Waals surface area contributed by atoms with Gasteiger partial charge in [0.2, 0.25) is 0 Å². The zero-order chi connectivity index (χ0) is 10.7. The fourth-order valence-corrected chi connectivity index (χ4v) is 1.59. The van der Waals surface area contributed by atoms with Crippen molar-refractivity contribution in [2.24, 2.45) is 4.99 Å². The summed E-state index contributed by atoms with van der Waals surface area (Å²) in [5.41, 5.74) is 7.52. The molecule has 0 radical (unpaired) electrons. The van der Waals surface area contributed by atoms with Crippen LogP contribution in [0.3, 0.4) is 0 Å². The fourth-order valence-electron chi connectivity index (χ4n) is 1.59. The van der Waals surface area contributed by atoms with E-state index >= 15 is 0 Å². The van der Waals surface area contributed by atoms with Crippen molar-refractivity contribution >= 4 is 17.3 Å². The minimum atomic E-state index is 0.749. The Morgan fingerprint density at radius 3 is 2.93 bits per heavy atom. The maximum Gasteiger partial charge on any atom is 0.198 e. The van der Waals surface area contributed by atoms with Crippen LogP contribution in [-0.4, -0.2) is 31.0 Å². The van der Waals surface area contributed by atoms with E-state index in [1.54, 1.807) is 0 Å². The first-order valence-corrected chi connectivity index (χ1v) is 5.14. The molecule has 0 fully saturated rings. The minimum Gasteiger partial charge on any atom is -0.397 e. The van der Waals surface area contributed by atoms with Crippen molar-refractivity contribution < 1.29 is 0 Å². The molecule has 0 amide bonds. The highest BCUT2D eigenvalue weighted by atomic mass is 15.3. The van der Waals surface area contributed by atoms with Crippen molar-refractivity contribution in [2.45, 2.75) is 6.42 Å². The molecule has 15 heavy (non-hydrogen) atoms. The third-order valence-electron chi connectivity index (χ3n) is 2.48. The van der Waals surface area contributed by atoms with Gasteiger partial charge in [0.15, 0.2) is 5.96 Å². The first-order chi connectivity index (χ1) is 7.27. The van der Waals surface area contributed by atoms with Gasteiger partial charge in [-0.25, -0.2) is 0 Å². The molecule has 1 heterocycles. The monoisotopic (exact) mass is 204 g/mol. The number of hydrogen-bond acceptors (Lipinski definition) is 4. The third kappa shape index (κ3) is 2.21. The van der Waals surface area contributed by atoms with Gasteiger partial charge in [0, 0.05) is 20.1 Å². The molecule has 1 aliphatic rings. The fraction of sp³-hybridized carbons (Fsp3) is 0.364. The number of guanidine groups is 1. The van der Waals surface area contributed by atoms with Gasteiger partial charge in [0.25, 0.3) is 0 Å². The van der Waals surface area contributed by atoms with Crippen LogP contribution < -0.4 is 11.1 Å². The molecular weight excluding hydrogens is 188 g/mol. The maximum atomic E-state index is 5.85. The number of nitrogens with two attached hydrogens (primary N) is 1. The van der Waals surface area contributed by atoms with E-state index in [1.165, 1.54) is 0 Å². The molecule has 0 saturated heterocycles. The smallest absolute Gasteiger partial charge is 0.198 e. The highest BCUT2D eigenvalue weighted by Gasteiger charge is 2.11. The van der Waals surface area contributed by atoms with E-state index in [-0.39, 0.29) is 0 Å². The lowest BCUT2D eigenvalue weighted by molar-refractivity contribution is 0.466. The lowest BCUT2D eigenvalue weighted by Crippen LogP contribution is -2.37. The Morgan fingerprint density at radius 1 is 1.40 bits per heavy atom. The van der Waals surface area contributed by atoms with Gasteiger partial charge in [-0.1, -0.05) is 12.1 Å². The Bertz CT molecular complexity index is 373. The molecule has 0 saturated carbocycles. The van der Waals surface area contributed by atoms with Crippen LogP contribution in [0.1, 0.15) is 6.42 Å². The van der Waals surface area contributed by atoms with Gasteiger partial charge in [0.05, 0.1) is 11.4 Å². The molecule has 0 spiro atoms. The van der Waals surface area contributed by atoms with Crippen LogP contribution in [0.4, 0.5) is 11.4 Å². The SMILES string of the molecule is CN1CCCN=C1Nc1ccccc1N. The summed E-state index contributed by atoms with van der Waals surface area (Å²) in [4.78, 5) is 6.53. The molecule has 0 bridgehead atoms. The molecule has 1 aromatic rings. The number of anilines is 2. The van der Waals surface area contributed by atoms with E-state index in [4.69, 9.17) is 5.73 Å².